The zero-order chi connectivity index (χ0) is 22.6. The molecule has 4 rings (SSSR count). The van der Waals surface area contributed by atoms with Crippen molar-refractivity contribution in [3.05, 3.63) is 107 Å². The first-order chi connectivity index (χ1) is 15.4. The zero-order valence-corrected chi connectivity index (χ0v) is 17.5. The molecule has 3 aromatic rings. The van der Waals surface area contributed by atoms with E-state index in [1.165, 1.54) is 0 Å². The average Bonchev–Trinajstić information content (AvgIpc) is 2.79. The van der Waals surface area contributed by atoms with Gasteiger partial charge >= 0.3 is 6.18 Å². The lowest BCUT2D eigenvalue weighted by Gasteiger charge is -2.38. The van der Waals surface area contributed by atoms with Crippen LogP contribution < -0.4 is 5.32 Å². The highest BCUT2D eigenvalue weighted by atomic mass is 19.4. The maximum atomic E-state index is 13.8. The predicted molar refractivity (Wildman–Crippen MR) is 116 cm³/mol. The molecule has 0 aromatic heterocycles. The normalized spacial score (nSPS) is 19.3. The van der Waals surface area contributed by atoms with E-state index in [1.54, 1.807) is 0 Å². The molecule has 0 spiro atoms. The minimum Gasteiger partial charge on any atom is -0.373 e. The molecule has 32 heavy (non-hydrogen) atoms. The van der Waals surface area contributed by atoms with Gasteiger partial charge in [-0.15, -0.1) is 0 Å². The average molecular weight is 443 g/mol. The Morgan fingerprint density at radius 1 is 0.906 bits per heavy atom. The molecule has 1 aliphatic rings. The number of alkyl halides is 3. The summed E-state index contributed by atoms with van der Waals surface area (Å²) in [5, 5.41) is 3.43. The quantitative estimate of drug-likeness (QED) is 0.460. The molecule has 2 nitrogen and oxygen atoms in total. The van der Waals surface area contributed by atoms with Gasteiger partial charge in [0, 0.05) is 18.4 Å². The number of piperidine rings is 1. The van der Waals surface area contributed by atoms with E-state index in [9.17, 15) is 17.6 Å². The van der Waals surface area contributed by atoms with Crippen LogP contribution in [-0.4, -0.2) is 19.2 Å². The molecule has 0 aliphatic carbocycles. The van der Waals surface area contributed by atoms with Crippen LogP contribution in [0.3, 0.4) is 0 Å². The number of rotatable bonds is 6. The highest BCUT2D eigenvalue weighted by Crippen LogP contribution is 2.37. The summed E-state index contributed by atoms with van der Waals surface area (Å²) < 4.78 is 59.2. The van der Waals surface area contributed by atoms with E-state index < -0.39 is 17.6 Å². The summed E-state index contributed by atoms with van der Waals surface area (Å²) in [7, 11) is 0. The monoisotopic (exact) mass is 443 g/mol. The molecule has 1 heterocycles. The topological polar surface area (TPSA) is 21.3 Å². The fourth-order valence-corrected chi connectivity index (χ4v) is 4.51. The third kappa shape index (κ3) is 5.37. The summed E-state index contributed by atoms with van der Waals surface area (Å²) in [6.07, 6.45) is -4.05. The molecule has 1 aliphatic heterocycles. The standard InChI is InChI=1S/C26H25F4NO/c27-22-14-18(13-21(15-22)26(28,29)30)17-32-24-11-12-31-16-23(24)25(19-7-3-1-4-8-19)20-9-5-2-6-10-20/h1-10,13-15,23-25,31H,11-12,16-17H2/t23-,24+/m1/s1. The number of hydrogen-bond donors (Lipinski definition) is 1. The predicted octanol–water partition coefficient (Wildman–Crippen LogP) is 6.17. The van der Waals surface area contributed by atoms with Gasteiger partial charge in [-0.2, -0.15) is 13.2 Å². The third-order valence-electron chi connectivity index (χ3n) is 5.96. The van der Waals surface area contributed by atoms with Crippen molar-refractivity contribution >= 4 is 0 Å². The van der Waals surface area contributed by atoms with E-state index in [0.29, 0.717) is 6.07 Å². The second-order valence-corrected chi connectivity index (χ2v) is 8.15. The van der Waals surface area contributed by atoms with Crippen LogP contribution in [0.25, 0.3) is 0 Å². The first-order valence-corrected chi connectivity index (χ1v) is 10.7. The highest BCUT2D eigenvalue weighted by Gasteiger charge is 2.35. The molecular formula is C26H25F4NO. The van der Waals surface area contributed by atoms with Gasteiger partial charge in [-0.1, -0.05) is 60.7 Å². The van der Waals surface area contributed by atoms with E-state index in [1.807, 2.05) is 36.4 Å². The van der Waals surface area contributed by atoms with Crippen molar-refractivity contribution < 1.29 is 22.3 Å². The molecule has 1 N–H and O–H groups in total. The fourth-order valence-electron chi connectivity index (χ4n) is 4.51. The summed E-state index contributed by atoms with van der Waals surface area (Å²) in [4.78, 5) is 0. The molecule has 0 bridgehead atoms. The van der Waals surface area contributed by atoms with Crippen LogP contribution in [0.2, 0.25) is 0 Å². The van der Waals surface area contributed by atoms with Crippen molar-refractivity contribution in [1.82, 2.24) is 5.32 Å². The first kappa shape index (κ1) is 22.5. The molecule has 1 saturated heterocycles. The van der Waals surface area contributed by atoms with E-state index in [2.05, 4.69) is 29.6 Å². The first-order valence-electron chi connectivity index (χ1n) is 10.7. The lowest BCUT2D eigenvalue weighted by atomic mass is 9.76. The Morgan fingerprint density at radius 3 is 2.12 bits per heavy atom. The van der Waals surface area contributed by atoms with Crippen LogP contribution in [0.4, 0.5) is 17.6 Å². The fraction of sp³-hybridized carbons (Fsp3) is 0.308. The minimum absolute atomic E-state index is 0.0634. The van der Waals surface area contributed by atoms with Crippen LogP contribution in [-0.2, 0) is 17.5 Å². The number of hydrogen-bond acceptors (Lipinski definition) is 2. The highest BCUT2D eigenvalue weighted by molar-refractivity contribution is 5.34. The van der Waals surface area contributed by atoms with E-state index >= 15 is 0 Å². The lowest BCUT2D eigenvalue weighted by Crippen LogP contribution is -2.44. The van der Waals surface area contributed by atoms with Crippen molar-refractivity contribution in [2.75, 3.05) is 13.1 Å². The Balaban J connectivity index is 1.59. The Hall–Kier alpha value is -2.70. The van der Waals surface area contributed by atoms with Gasteiger partial charge in [-0.25, -0.2) is 4.39 Å². The maximum absolute atomic E-state index is 13.8. The second-order valence-electron chi connectivity index (χ2n) is 8.15. The van der Waals surface area contributed by atoms with Gasteiger partial charge in [0.15, 0.2) is 0 Å². The van der Waals surface area contributed by atoms with Crippen LogP contribution in [0.5, 0.6) is 0 Å². The second kappa shape index (κ2) is 9.84. The summed E-state index contributed by atoms with van der Waals surface area (Å²) in [5.74, 6) is -0.774. The molecule has 6 heteroatoms. The van der Waals surface area contributed by atoms with Gasteiger partial charge in [0.2, 0.25) is 0 Å². The van der Waals surface area contributed by atoms with Gasteiger partial charge in [-0.3, -0.25) is 0 Å². The van der Waals surface area contributed by atoms with Crippen molar-refractivity contribution in [3.8, 4) is 0 Å². The Labute approximate surface area is 185 Å². The maximum Gasteiger partial charge on any atom is 0.416 e. The Bertz CT molecular complexity index is 968. The van der Waals surface area contributed by atoms with Crippen LogP contribution in [0.15, 0.2) is 78.9 Å². The number of nitrogens with one attached hydrogen (secondary N) is 1. The molecular weight excluding hydrogens is 418 g/mol. The number of halogens is 4. The zero-order valence-electron chi connectivity index (χ0n) is 17.5. The van der Waals surface area contributed by atoms with Gasteiger partial charge in [0.1, 0.15) is 5.82 Å². The smallest absolute Gasteiger partial charge is 0.373 e. The van der Waals surface area contributed by atoms with E-state index in [-0.39, 0.29) is 30.1 Å². The van der Waals surface area contributed by atoms with E-state index in [0.717, 1.165) is 42.8 Å². The van der Waals surface area contributed by atoms with Gasteiger partial charge in [0.25, 0.3) is 0 Å². The van der Waals surface area contributed by atoms with Crippen molar-refractivity contribution in [2.24, 2.45) is 5.92 Å². The van der Waals surface area contributed by atoms with Crippen molar-refractivity contribution in [3.63, 3.8) is 0 Å². The molecule has 0 amide bonds. The van der Waals surface area contributed by atoms with Crippen molar-refractivity contribution in [1.29, 1.82) is 0 Å². The Morgan fingerprint density at radius 2 is 1.53 bits per heavy atom. The molecule has 3 aromatic carbocycles. The minimum atomic E-state index is -4.60. The van der Waals surface area contributed by atoms with E-state index in [4.69, 9.17) is 4.74 Å². The summed E-state index contributed by atoms with van der Waals surface area (Å²) in [6.45, 7) is 1.41. The number of benzene rings is 3. The summed E-state index contributed by atoms with van der Waals surface area (Å²) >= 11 is 0. The van der Waals surface area contributed by atoms with Crippen LogP contribution in [0, 0.1) is 11.7 Å². The summed E-state index contributed by atoms with van der Waals surface area (Å²) in [6, 6.07) is 22.9. The lowest BCUT2D eigenvalue weighted by molar-refractivity contribution is -0.137. The molecule has 2 atom stereocenters. The molecule has 168 valence electrons. The molecule has 1 fully saturated rings. The molecule has 0 radical (unpaired) electrons. The van der Waals surface area contributed by atoms with Gasteiger partial charge in [0.05, 0.1) is 18.3 Å². The van der Waals surface area contributed by atoms with Gasteiger partial charge in [-0.05, 0) is 47.9 Å². The van der Waals surface area contributed by atoms with Crippen LogP contribution >= 0.6 is 0 Å². The molecule has 0 saturated carbocycles. The Kier molecular flexibility index (Phi) is 6.92. The van der Waals surface area contributed by atoms with Crippen molar-refractivity contribution in [2.45, 2.75) is 31.2 Å². The SMILES string of the molecule is Fc1cc(CO[C@H]2CCNC[C@H]2C(c2ccccc2)c2ccccc2)cc(C(F)(F)F)c1. The largest absolute Gasteiger partial charge is 0.416 e. The summed E-state index contributed by atoms with van der Waals surface area (Å²) in [5.41, 5.74) is 1.51. The molecule has 0 unspecified atom stereocenters. The number of ether oxygens (including phenoxy) is 1. The van der Waals surface area contributed by atoms with Gasteiger partial charge < -0.3 is 10.1 Å². The van der Waals surface area contributed by atoms with Crippen LogP contribution in [0.1, 0.15) is 34.6 Å². The third-order valence-corrected chi connectivity index (χ3v) is 5.96.